The van der Waals surface area contributed by atoms with Crippen LogP contribution in [-0.4, -0.2) is 0 Å². The second-order valence-electron chi connectivity index (χ2n) is 2.45. The van der Waals surface area contributed by atoms with Gasteiger partial charge >= 0.3 is 21.2 Å². The van der Waals surface area contributed by atoms with Crippen molar-refractivity contribution >= 4 is 35.3 Å². The van der Waals surface area contributed by atoms with E-state index < -0.39 is 0 Å². The van der Waals surface area contributed by atoms with Crippen LogP contribution in [0.3, 0.4) is 0 Å². The van der Waals surface area contributed by atoms with Gasteiger partial charge in [-0.15, -0.1) is 12.4 Å². The minimum Gasteiger partial charge on any atom is -0.147 e. The van der Waals surface area contributed by atoms with Crippen LogP contribution in [-0.2, 0) is 0 Å². The third-order valence-electron chi connectivity index (χ3n) is 1.49. The number of halogens is 3. The van der Waals surface area contributed by atoms with Crippen LogP contribution >= 0.6 is 35.3 Å². The van der Waals surface area contributed by atoms with Crippen LogP contribution < -0.4 is 21.2 Å². The molecule has 0 bridgehead atoms. The molecule has 2 rings (SSSR count). The topological polar surface area (TPSA) is 0 Å². The smallest absolute Gasteiger partial charge is 0.147 e. The van der Waals surface area contributed by atoms with Gasteiger partial charge in [-0.3, -0.25) is 0 Å². The molecule has 0 amide bonds. The van der Waals surface area contributed by atoms with E-state index in [2.05, 4.69) is 29.6 Å². The summed E-state index contributed by atoms with van der Waals surface area (Å²) in [5.41, 5.74) is 0. The van der Waals surface area contributed by atoms with Crippen molar-refractivity contribution in [3.63, 3.8) is 0 Å². The van der Waals surface area contributed by atoms with Gasteiger partial charge < -0.3 is 0 Å². The van der Waals surface area contributed by atoms with Gasteiger partial charge in [0.1, 0.15) is 0 Å². The average Bonchev–Trinajstić information content (AvgIpc) is 2.62. The highest BCUT2D eigenvalue weighted by molar-refractivity contribution is 7.07. The highest BCUT2D eigenvalue weighted by Crippen LogP contribution is 2.04. The molecular formula is C10H8Cl2IS+. The lowest BCUT2D eigenvalue weighted by molar-refractivity contribution is -0.591. The third kappa shape index (κ3) is 3.42. The second kappa shape index (κ2) is 5.95. The Labute approximate surface area is 109 Å². The summed E-state index contributed by atoms with van der Waals surface area (Å²) in [6, 6.07) is 12.5. The molecule has 0 atom stereocenters. The van der Waals surface area contributed by atoms with Crippen molar-refractivity contribution in [2.75, 3.05) is 0 Å². The highest BCUT2D eigenvalue weighted by atomic mass is 127. The van der Waals surface area contributed by atoms with Crippen molar-refractivity contribution in [2.45, 2.75) is 0 Å². The normalized spacial score (nSPS) is 9.50. The second-order valence-corrected chi connectivity index (χ2v) is 7.51. The first kappa shape index (κ1) is 12.3. The molecule has 0 radical (unpaired) electrons. The van der Waals surface area contributed by atoms with Crippen LogP contribution in [0.1, 0.15) is 0 Å². The molecule has 0 aliphatic rings. The van der Waals surface area contributed by atoms with Crippen molar-refractivity contribution in [1.82, 2.24) is 0 Å². The van der Waals surface area contributed by atoms with Gasteiger partial charge in [-0.05, 0) is 35.7 Å². The fourth-order valence-electron chi connectivity index (χ4n) is 0.912. The molecule has 0 aliphatic carbocycles. The Morgan fingerprint density at radius 1 is 1.07 bits per heavy atom. The summed E-state index contributed by atoms with van der Waals surface area (Å²) in [7, 11) is 0. The van der Waals surface area contributed by atoms with Gasteiger partial charge in [0.25, 0.3) is 0 Å². The summed E-state index contributed by atoms with van der Waals surface area (Å²) in [4.78, 5) is 0. The monoisotopic (exact) mass is 357 g/mol. The Morgan fingerprint density at radius 2 is 1.79 bits per heavy atom. The van der Waals surface area contributed by atoms with Gasteiger partial charge in [-0.2, -0.15) is 0 Å². The molecule has 1 heterocycles. The van der Waals surface area contributed by atoms with Crippen LogP contribution in [0, 0.1) is 6.45 Å². The first-order valence-corrected chi connectivity index (χ1v) is 7.20. The van der Waals surface area contributed by atoms with Gasteiger partial charge in [0, 0.05) is 11.1 Å². The molecule has 0 fully saturated rings. The van der Waals surface area contributed by atoms with Crippen LogP contribution in [0.25, 0.3) is 0 Å². The Kier molecular flexibility index (Phi) is 5.23. The van der Waals surface area contributed by atoms with Gasteiger partial charge in [-0.25, -0.2) is 0 Å². The van der Waals surface area contributed by atoms with E-state index in [1.807, 2.05) is 23.5 Å². The van der Waals surface area contributed by atoms with Crippen LogP contribution in [0.15, 0.2) is 41.8 Å². The summed E-state index contributed by atoms with van der Waals surface area (Å²) in [6.45, 7) is 0. The molecule has 74 valence electrons. The van der Waals surface area contributed by atoms with E-state index in [0.29, 0.717) is 0 Å². The summed E-state index contributed by atoms with van der Waals surface area (Å²) in [5, 5.41) is 2.95. The molecule has 0 saturated heterocycles. The largest absolute Gasteiger partial charge is 0.369 e. The van der Waals surface area contributed by atoms with Crippen LogP contribution in [0.4, 0.5) is 0 Å². The van der Waals surface area contributed by atoms with E-state index in [1.165, 1.54) is 6.45 Å². The summed E-state index contributed by atoms with van der Waals surface area (Å²) in [5.74, 6) is 0. The molecule has 14 heavy (non-hydrogen) atoms. The Bertz CT molecular complexity index is 370. The minimum absolute atomic E-state index is 0. The van der Waals surface area contributed by atoms with Gasteiger partial charge in [-0.1, -0.05) is 22.9 Å². The summed E-state index contributed by atoms with van der Waals surface area (Å²) < 4.78 is 2.92. The molecule has 0 aliphatic heterocycles. The van der Waals surface area contributed by atoms with E-state index in [4.69, 9.17) is 11.6 Å². The molecule has 4 heteroatoms. The van der Waals surface area contributed by atoms with Gasteiger partial charge in [0.15, 0.2) is 3.57 Å². The number of hydrogen-bond donors (Lipinski definition) is 0. The first-order chi connectivity index (χ1) is 6.34. The van der Waals surface area contributed by atoms with Crippen LogP contribution in [0.5, 0.6) is 0 Å². The summed E-state index contributed by atoms with van der Waals surface area (Å²) in [6.07, 6.45) is 0. The van der Waals surface area contributed by atoms with E-state index >= 15 is 0 Å². The quantitative estimate of drug-likeness (QED) is 0.702. The molecule has 0 saturated carbocycles. The molecular weight excluding hydrogens is 350 g/mol. The molecule has 0 nitrogen and oxygen atoms in total. The SMILES string of the molecule is Cl.Clc1ccc([I+]c2cccs2)cc1. The Hall–Kier alpha value is 0.230. The fourth-order valence-corrected chi connectivity index (χ4v) is 4.67. The maximum absolute atomic E-state index is 5.81. The highest BCUT2D eigenvalue weighted by Gasteiger charge is 2.15. The number of thiophene rings is 1. The minimum atomic E-state index is 0. The summed E-state index contributed by atoms with van der Waals surface area (Å²) >= 11 is 7.66. The Balaban J connectivity index is 0.000000980. The molecule has 2 aromatic rings. The fraction of sp³-hybridized carbons (Fsp3) is 0. The van der Waals surface area contributed by atoms with E-state index in [-0.39, 0.29) is 33.6 Å². The Morgan fingerprint density at radius 3 is 2.36 bits per heavy atom. The lowest BCUT2D eigenvalue weighted by atomic mass is 10.4. The van der Waals surface area contributed by atoms with Crippen molar-refractivity contribution < 1.29 is 21.2 Å². The predicted octanol–water partition coefficient (Wildman–Crippen LogP) is 0.952. The molecule has 1 aromatic carbocycles. The van der Waals surface area contributed by atoms with Crippen molar-refractivity contribution in [2.24, 2.45) is 0 Å². The maximum atomic E-state index is 5.81. The predicted molar refractivity (Wildman–Crippen MR) is 60.4 cm³/mol. The van der Waals surface area contributed by atoms with E-state index in [1.54, 1.807) is 0 Å². The maximum Gasteiger partial charge on any atom is 0.369 e. The lowest BCUT2D eigenvalue weighted by Gasteiger charge is -1.85. The van der Waals surface area contributed by atoms with Crippen molar-refractivity contribution in [1.29, 1.82) is 0 Å². The van der Waals surface area contributed by atoms with Crippen molar-refractivity contribution in [3.05, 3.63) is 53.3 Å². The molecule has 0 spiro atoms. The zero-order valence-corrected chi connectivity index (χ0v) is 11.7. The number of hydrogen-bond acceptors (Lipinski definition) is 1. The average molecular weight is 358 g/mol. The van der Waals surface area contributed by atoms with Gasteiger partial charge in [0.05, 0.1) is 0 Å². The standard InChI is InChI=1S/C10H7ClIS.ClH/c11-8-3-5-9(6-4-8)12-10-2-1-7-13-10;/h1-7H;1H/q+1;. The van der Waals surface area contributed by atoms with E-state index in [9.17, 15) is 0 Å². The number of rotatable bonds is 2. The first-order valence-electron chi connectivity index (χ1n) is 3.78. The van der Waals surface area contributed by atoms with Crippen LogP contribution in [0.2, 0.25) is 5.02 Å². The van der Waals surface area contributed by atoms with E-state index in [0.717, 1.165) is 5.02 Å². The molecule has 0 unspecified atom stereocenters. The van der Waals surface area contributed by atoms with Gasteiger partial charge in [0.2, 0.25) is 2.88 Å². The molecule has 0 N–H and O–H groups in total. The third-order valence-corrected chi connectivity index (χ3v) is 5.91. The zero-order chi connectivity index (χ0) is 9.10. The molecule has 1 aromatic heterocycles. The van der Waals surface area contributed by atoms with Crippen molar-refractivity contribution in [3.8, 4) is 0 Å². The number of benzene rings is 1. The zero-order valence-electron chi connectivity index (χ0n) is 7.11. The lowest BCUT2D eigenvalue weighted by Crippen LogP contribution is -3.61.